The number of nitrogens with one attached hydrogen (secondary N) is 1. The van der Waals surface area contributed by atoms with E-state index in [9.17, 15) is 4.79 Å². The lowest BCUT2D eigenvalue weighted by molar-refractivity contribution is -0.124. The van der Waals surface area contributed by atoms with Gasteiger partial charge < -0.3 is 15.6 Å². The summed E-state index contributed by atoms with van der Waals surface area (Å²) in [6, 6.07) is 0. The maximum atomic E-state index is 12.1. The number of hydrogen-bond donors (Lipinski definition) is 2. The number of carbonyl (C=O) groups is 1. The second-order valence-electron chi connectivity index (χ2n) is 5.67. The van der Waals surface area contributed by atoms with Gasteiger partial charge in [-0.25, -0.2) is 4.98 Å². The number of amides is 1. The molecule has 106 valence electrons. The Labute approximate surface area is 114 Å². The smallest absolute Gasteiger partial charge is 0.220 e. The van der Waals surface area contributed by atoms with Crippen molar-refractivity contribution in [1.29, 1.82) is 0 Å². The Hall–Kier alpha value is -1.36. The molecule has 0 bridgehead atoms. The highest BCUT2D eigenvalue weighted by Gasteiger charge is 2.32. The van der Waals surface area contributed by atoms with Gasteiger partial charge in [0.15, 0.2) is 0 Å². The number of aromatic nitrogens is 2. The van der Waals surface area contributed by atoms with Gasteiger partial charge in [0.2, 0.25) is 5.91 Å². The van der Waals surface area contributed by atoms with Gasteiger partial charge in [0, 0.05) is 25.9 Å². The van der Waals surface area contributed by atoms with E-state index in [0.29, 0.717) is 19.5 Å². The lowest BCUT2D eigenvalue weighted by atomic mass is 9.71. The van der Waals surface area contributed by atoms with Crippen LogP contribution in [0.4, 0.5) is 0 Å². The minimum Gasteiger partial charge on any atom is -0.349 e. The normalized spacial score (nSPS) is 18.2. The Bertz CT molecular complexity index is 421. The summed E-state index contributed by atoms with van der Waals surface area (Å²) in [5.41, 5.74) is 5.94. The van der Waals surface area contributed by atoms with Gasteiger partial charge in [-0.05, 0) is 24.8 Å². The second kappa shape index (κ2) is 6.19. The Morgan fingerprint density at radius 1 is 1.47 bits per heavy atom. The molecule has 1 aromatic heterocycles. The summed E-state index contributed by atoms with van der Waals surface area (Å²) in [6.45, 7) is 1.10. The van der Waals surface area contributed by atoms with Crippen LogP contribution in [0.15, 0.2) is 12.4 Å². The summed E-state index contributed by atoms with van der Waals surface area (Å²) in [6.07, 6.45) is 10.0. The van der Waals surface area contributed by atoms with Gasteiger partial charge in [-0.1, -0.05) is 19.3 Å². The number of nitrogens with zero attached hydrogens (tertiary/aromatic N) is 2. The third kappa shape index (κ3) is 3.56. The highest BCUT2D eigenvalue weighted by atomic mass is 16.1. The van der Waals surface area contributed by atoms with Crippen LogP contribution in [0.25, 0.3) is 0 Å². The maximum absolute atomic E-state index is 12.1. The van der Waals surface area contributed by atoms with Crippen molar-refractivity contribution in [3.05, 3.63) is 18.2 Å². The molecule has 5 heteroatoms. The van der Waals surface area contributed by atoms with Crippen molar-refractivity contribution in [2.75, 3.05) is 6.54 Å². The molecule has 0 spiro atoms. The minimum absolute atomic E-state index is 0.0317. The third-order valence-electron chi connectivity index (χ3n) is 4.25. The van der Waals surface area contributed by atoms with Crippen LogP contribution < -0.4 is 11.1 Å². The zero-order valence-electron chi connectivity index (χ0n) is 11.7. The van der Waals surface area contributed by atoms with E-state index in [1.165, 1.54) is 19.3 Å². The molecule has 19 heavy (non-hydrogen) atoms. The maximum Gasteiger partial charge on any atom is 0.220 e. The van der Waals surface area contributed by atoms with E-state index in [0.717, 1.165) is 18.7 Å². The molecule has 0 aromatic carbocycles. The number of hydrogen-bond acceptors (Lipinski definition) is 3. The molecule has 1 amide bonds. The van der Waals surface area contributed by atoms with Crippen molar-refractivity contribution in [3.63, 3.8) is 0 Å². The second-order valence-corrected chi connectivity index (χ2v) is 5.67. The molecule has 1 aliphatic carbocycles. The van der Waals surface area contributed by atoms with Crippen LogP contribution in [0, 0.1) is 5.41 Å². The molecule has 1 saturated carbocycles. The number of rotatable bonds is 5. The fourth-order valence-corrected chi connectivity index (χ4v) is 2.90. The van der Waals surface area contributed by atoms with Crippen LogP contribution in [-0.2, 0) is 18.4 Å². The van der Waals surface area contributed by atoms with E-state index in [4.69, 9.17) is 5.73 Å². The molecule has 2 rings (SSSR count). The molecule has 5 nitrogen and oxygen atoms in total. The summed E-state index contributed by atoms with van der Waals surface area (Å²) in [4.78, 5) is 16.3. The van der Waals surface area contributed by atoms with Crippen molar-refractivity contribution < 1.29 is 4.79 Å². The summed E-state index contributed by atoms with van der Waals surface area (Å²) in [5.74, 6) is 0.967. The highest BCUT2D eigenvalue weighted by Crippen LogP contribution is 2.38. The van der Waals surface area contributed by atoms with Crippen molar-refractivity contribution in [2.24, 2.45) is 18.2 Å². The zero-order valence-corrected chi connectivity index (χ0v) is 11.7. The molecule has 1 aromatic rings. The first-order valence-corrected chi connectivity index (χ1v) is 7.08. The first-order chi connectivity index (χ1) is 9.15. The van der Waals surface area contributed by atoms with Crippen LogP contribution >= 0.6 is 0 Å². The van der Waals surface area contributed by atoms with Gasteiger partial charge in [-0.2, -0.15) is 0 Å². The Morgan fingerprint density at radius 2 is 2.21 bits per heavy atom. The third-order valence-corrected chi connectivity index (χ3v) is 4.25. The summed E-state index contributed by atoms with van der Waals surface area (Å²) >= 11 is 0. The molecule has 3 N–H and O–H groups in total. The van der Waals surface area contributed by atoms with Crippen molar-refractivity contribution in [1.82, 2.24) is 14.9 Å². The molecular formula is C14H24N4O. The Morgan fingerprint density at radius 3 is 2.79 bits per heavy atom. The molecule has 0 unspecified atom stereocenters. The van der Waals surface area contributed by atoms with Crippen molar-refractivity contribution in [3.8, 4) is 0 Å². The summed E-state index contributed by atoms with van der Waals surface area (Å²) in [5, 5.41) is 2.95. The van der Waals surface area contributed by atoms with Crippen molar-refractivity contribution in [2.45, 2.75) is 45.1 Å². The molecule has 0 radical (unpaired) electrons. The Balaban J connectivity index is 1.84. The van der Waals surface area contributed by atoms with Gasteiger partial charge in [-0.15, -0.1) is 0 Å². The highest BCUT2D eigenvalue weighted by molar-refractivity contribution is 5.76. The van der Waals surface area contributed by atoms with E-state index in [-0.39, 0.29) is 11.3 Å². The summed E-state index contributed by atoms with van der Waals surface area (Å²) < 4.78 is 1.92. The molecule has 1 heterocycles. The summed E-state index contributed by atoms with van der Waals surface area (Å²) in [7, 11) is 1.93. The number of nitrogens with two attached hydrogens (primary N) is 1. The largest absolute Gasteiger partial charge is 0.349 e. The first-order valence-electron chi connectivity index (χ1n) is 7.08. The fourth-order valence-electron chi connectivity index (χ4n) is 2.90. The van der Waals surface area contributed by atoms with E-state index in [1.807, 2.05) is 17.8 Å². The lowest BCUT2D eigenvalue weighted by Gasteiger charge is -2.35. The molecule has 1 fully saturated rings. The predicted molar refractivity (Wildman–Crippen MR) is 74.2 cm³/mol. The van der Waals surface area contributed by atoms with Crippen LogP contribution in [0.1, 0.15) is 44.3 Å². The average Bonchev–Trinajstić information content (AvgIpc) is 2.83. The van der Waals surface area contributed by atoms with E-state index in [1.54, 1.807) is 6.20 Å². The number of aryl methyl sites for hydroxylation is 1. The van der Waals surface area contributed by atoms with Gasteiger partial charge >= 0.3 is 0 Å². The molecule has 1 aliphatic rings. The fraction of sp³-hybridized carbons (Fsp3) is 0.714. The van der Waals surface area contributed by atoms with Crippen LogP contribution in [-0.4, -0.2) is 22.0 Å². The van der Waals surface area contributed by atoms with Gasteiger partial charge in [0.25, 0.3) is 0 Å². The van der Waals surface area contributed by atoms with E-state index >= 15 is 0 Å². The van der Waals surface area contributed by atoms with Crippen molar-refractivity contribution >= 4 is 5.91 Å². The van der Waals surface area contributed by atoms with Crippen LogP contribution in [0.2, 0.25) is 0 Å². The SMILES string of the molecule is Cn1ccnc1CNC(=O)CC1(CN)CCCCC1. The first kappa shape index (κ1) is 14.1. The quantitative estimate of drug-likeness (QED) is 0.843. The average molecular weight is 264 g/mol. The van der Waals surface area contributed by atoms with E-state index in [2.05, 4.69) is 10.3 Å². The monoisotopic (exact) mass is 264 g/mol. The predicted octanol–water partition coefficient (Wildman–Crippen LogP) is 1.34. The molecular weight excluding hydrogens is 240 g/mol. The zero-order chi connectivity index (χ0) is 13.7. The lowest BCUT2D eigenvalue weighted by Crippen LogP contribution is -2.38. The minimum atomic E-state index is 0.0317. The van der Waals surface area contributed by atoms with Gasteiger partial charge in [0.05, 0.1) is 6.54 Å². The van der Waals surface area contributed by atoms with Gasteiger partial charge in [-0.3, -0.25) is 4.79 Å². The molecule has 0 atom stereocenters. The molecule has 0 aliphatic heterocycles. The standard InChI is InChI=1S/C14H24N4O/c1-18-8-7-16-12(18)10-17-13(19)9-14(11-15)5-3-2-4-6-14/h7-8H,2-6,9-11,15H2,1H3,(H,17,19). The number of carbonyl (C=O) groups excluding carboxylic acids is 1. The number of imidazole rings is 1. The molecule has 0 saturated heterocycles. The van der Waals surface area contributed by atoms with Crippen LogP contribution in [0.5, 0.6) is 0 Å². The van der Waals surface area contributed by atoms with Gasteiger partial charge in [0.1, 0.15) is 5.82 Å². The van der Waals surface area contributed by atoms with E-state index < -0.39 is 0 Å². The van der Waals surface area contributed by atoms with Crippen LogP contribution in [0.3, 0.4) is 0 Å². The Kier molecular flexibility index (Phi) is 4.58. The topological polar surface area (TPSA) is 72.9 Å².